The molecule has 2 aromatic carbocycles. The summed E-state index contributed by atoms with van der Waals surface area (Å²) >= 11 is 0. The van der Waals surface area contributed by atoms with Gasteiger partial charge in [0, 0.05) is 7.05 Å². The van der Waals surface area contributed by atoms with Gasteiger partial charge in [0.05, 0.1) is 30.7 Å². The fourth-order valence-electron chi connectivity index (χ4n) is 3.17. The number of carbonyl (C=O) groups excluding carboxylic acids is 2. The predicted molar refractivity (Wildman–Crippen MR) is 119 cm³/mol. The number of esters is 1. The van der Waals surface area contributed by atoms with Gasteiger partial charge in [0.2, 0.25) is 0 Å². The number of rotatable bonds is 8. The van der Waals surface area contributed by atoms with E-state index in [2.05, 4.69) is 5.32 Å². The van der Waals surface area contributed by atoms with Crippen LogP contribution >= 0.6 is 0 Å². The number of nitrogens with one attached hydrogen (secondary N) is 1. The number of hydrogen-bond donors (Lipinski definition) is 1. The predicted octanol–water partition coefficient (Wildman–Crippen LogP) is 2.69. The SMILES string of the molecule is CCOc1cc(C(=O)OCC(=O)Nc2c(C)n(C)n(-c3ccccc3)c2=O)ccc1OC. The molecule has 3 rings (SSSR count). The van der Waals surface area contributed by atoms with Crippen LogP contribution in [0.1, 0.15) is 23.0 Å². The fraction of sp³-hybridized carbons (Fsp3) is 0.261. The van der Waals surface area contributed by atoms with Crippen molar-refractivity contribution in [1.29, 1.82) is 0 Å². The maximum Gasteiger partial charge on any atom is 0.338 e. The molecule has 1 heterocycles. The van der Waals surface area contributed by atoms with Gasteiger partial charge in [-0.2, -0.15) is 0 Å². The van der Waals surface area contributed by atoms with Gasteiger partial charge < -0.3 is 19.5 Å². The summed E-state index contributed by atoms with van der Waals surface area (Å²) in [6.45, 7) is 3.38. The molecule has 0 atom stereocenters. The first-order valence-electron chi connectivity index (χ1n) is 9.99. The van der Waals surface area contributed by atoms with Crippen molar-refractivity contribution in [2.24, 2.45) is 7.05 Å². The van der Waals surface area contributed by atoms with Crippen LogP contribution in [0.3, 0.4) is 0 Å². The molecule has 168 valence electrons. The van der Waals surface area contributed by atoms with E-state index in [1.807, 2.05) is 25.1 Å². The number of nitrogens with zero attached hydrogens (tertiary/aromatic N) is 2. The van der Waals surface area contributed by atoms with Crippen molar-refractivity contribution in [2.45, 2.75) is 13.8 Å². The molecule has 1 aromatic heterocycles. The summed E-state index contributed by atoms with van der Waals surface area (Å²) in [6.07, 6.45) is 0. The molecule has 0 unspecified atom stereocenters. The van der Waals surface area contributed by atoms with E-state index in [4.69, 9.17) is 14.2 Å². The summed E-state index contributed by atoms with van der Waals surface area (Å²) in [7, 11) is 3.22. The van der Waals surface area contributed by atoms with Gasteiger partial charge in [0.15, 0.2) is 18.1 Å². The lowest BCUT2D eigenvalue weighted by atomic mass is 10.2. The molecule has 32 heavy (non-hydrogen) atoms. The van der Waals surface area contributed by atoms with Crippen LogP contribution in [-0.4, -0.2) is 41.6 Å². The second-order valence-corrected chi connectivity index (χ2v) is 6.86. The molecule has 3 aromatic rings. The number of benzene rings is 2. The first-order valence-corrected chi connectivity index (χ1v) is 9.99. The average Bonchev–Trinajstić information content (AvgIpc) is 3.01. The van der Waals surface area contributed by atoms with Crippen LogP contribution in [0.25, 0.3) is 5.69 Å². The Morgan fingerprint density at radius 2 is 1.78 bits per heavy atom. The summed E-state index contributed by atoms with van der Waals surface area (Å²) in [4.78, 5) is 37.6. The minimum Gasteiger partial charge on any atom is -0.493 e. The van der Waals surface area contributed by atoms with Crippen molar-refractivity contribution in [1.82, 2.24) is 9.36 Å². The number of anilines is 1. The van der Waals surface area contributed by atoms with Crippen molar-refractivity contribution < 1.29 is 23.8 Å². The molecule has 0 spiro atoms. The van der Waals surface area contributed by atoms with Crippen molar-refractivity contribution in [3.05, 3.63) is 70.1 Å². The van der Waals surface area contributed by atoms with E-state index < -0.39 is 18.5 Å². The summed E-state index contributed by atoms with van der Waals surface area (Å²) < 4.78 is 18.8. The van der Waals surface area contributed by atoms with Gasteiger partial charge in [0.1, 0.15) is 5.69 Å². The van der Waals surface area contributed by atoms with Gasteiger partial charge >= 0.3 is 5.97 Å². The number of para-hydroxylation sites is 1. The minimum absolute atomic E-state index is 0.125. The van der Waals surface area contributed by atoms with Crippen molar-refractivity contribution in [3.8, 4) is 17.2 Å². The molecule has 9 heteroatoms. The van der Waals surface area contributed by atoms with E-state index >= 15 is 0 Å². The Hall–Kier alpha value is -4.01. The van der Waals surface area contributed by atoms with Crippen molar-refractivity contribution in [3.63, 3.8) is 0 Å². The molecule has 0 aliphatic rings. The topological polar surface area (TPSA) is 101 Å². The number of aromatic nitrogens is 2. The molecule has 9 nitrogen and oxygen atoms in total. The molecule has 0 aliphatic heterocycles. The minimum atomic E-state index is -0.699. The van der Waals surface area contributed by atoms with Gasteiger partial charge in [0.25, 0.3) is 11.5 Å². The van der Waals surface area contributed by atoms with Crippen LogP contribution in [0, 0.1) is 6.92 Å². The highest BCUT2D eigenvalue weighted by Gasteiger charge is 2.19. The van der Waals surface area contributed by atoms with E-state index in [9.17, 15) is 14.4 Å². The Morgan fingerprint density at radius 1 is 1.06 bits per heavy atom. The van der Waals surface area contributed by atoms with Gasteiger partial charge in [-0.25, -0.2) is 9.48 Å². The first-order chi connectivity index (χ1) is 15.4. The van der Waals surface area contributed by atoms with Crippen molar-refractivity contribution >= 4 is 17.6 Å². The lowest BCUT2D eigenvalue weighted by Gasteiger charge is -2.11. The Balaban J connectivity index is 1.70. The molecule has 1 amide bonds. The van der Waals surface area contributed by atoms with Crippen LogP contribution < -0.4 is 20.3 Å². The second-order valence-electron chi connectivity index (χ2n) is 6.86. The van der Waals surface area contributed by atoms with Crippen molar-refractivity contribution in [2.75, 3.05) is 25.6 Å². The summed E-state index contributed by atoms with van der Waals surface area (Å²) in [5, 5.41) is 2.55. The smallest absolute Gasteiger partial charge is 0.338 e. The average molecular weight is 439 g/mol. The largest absolute Gasteiger partial charge is 0.493 e. The monoisotopic (exact) mass is 439 g/mol. The van der Waals surface area contributed by atoms with Crippen LogP contribution in [0.2, 0.25) is 0 Å². The lowest BCUT2D eigenvalue weighted by molar-refractivity contribution is -0.119. The maximum absolute atomic E-state index is 12.9. The number of amides is 1. The van der Waals surface area contributed by atoms with Gasteiger partial charge in [-0.3, -0.25) is 14.3 Å². The Morgan fingerprint density at radius 3 is 2.44 bits per heavy atom. The van der Waals surface area contributed by atoms with Crippen LogP contribution in [0.5, 0.6) is 11.5 Å². The molecule has 0 bridgehead atoms. The lowest BCUT2D eigenvalue weighted by Crippen LogP contribution is -2.25. The van der Waals surface area contributed by atoms with Crippen LogP contribution in [0.4, 0.5) is 5.69 Å². The number of methoxy groups -OCH3 is 1. The van der Waals surface area contributed by atoms with E-state index in [1.165, 1.54) is 23.9 Å². The zero-order valence-corrected chi connectivity index (χ0v) is 18.4. The van der Waals surface area contributed by atoms with E-state index in [1.54, 1.807) is 36.9 Å². The molecule has 0 radical (unpaired) electrons. The molecular weight excluding hydrogens is 414 g/mol. The summed E-state index contributed by atoms with van der Waals surface area (Å²) in [5.74, 6) is -0.441. The normalized spacial score (nSPS) is 10.5. The Labute approximate surface area is 185 Å². The third-order valence-corrected chi connectivity index (χ3v) is 4.85. The quantitative estimate of drug-likeness (QED) is 0.542. The zero-order chi connectivity index (χ0) is 23.3. The molecule has 0 saturated carbocycles. The van der Waals surface area contributed by atoms with E-state index in [-0.39, 0.29) is 16.8 Å². The Kier molecular flexibility index (Phi) is 6.99. The fourth-order valence-corrected chi connectivity index (χ4v) is 3.17. The van der Waals surface area contributed by atoms with Crippen LogP contribution in [0.15, 0.2) is 53.3 Å². The summed E-state index contributed by atoms with van der Waals surface area (Å²) in [5.41, 5.74) is 1.19. The molecule has 1 N–H and O–H groups in total. The van der Waals surface area contributed by atoms with Gasteiger partial charge in [-0.1, -0.05) is 18.2 Å². The standard InChI is InChI=1S/C23H25N3O6/c1-5-31-19-13-16(11-12-18(19)30-4)23(29)32-14-20(27)24-21-15(2)25(3)26(22(21)28)17-9-7-6-8-10-17/h6-13H,5,14H2,1-4H3,(H,24,27). The third-order valence-electron chi connectivity index (χ3n) is 4.85. The number of carbonyl (C=O) groups is 2. The summed E-state index contributed by atoms with van der Waals surface area (Å²) in [6, 6.07) is 13.7. The highest BCUT2D eigenvalue weighted by molar-refractivity contribution is 5.96. The highest BCUT2D eigenvalue weighted by atomic mass is 16.5. The number of hydrogen-bond acceptors (Lipinski definition) is 6. The van der Waals surface area contributed by atoms with Gasteiger partial charge in [-0.05, 0) is 44.2 Å². The first kappa shape index (κ1) is 22.7. The molecule has 0 saturated heterocycles. The highest BCUT2D eigenvalue weighted by Crippen LogP contribution is 2.28. The Bertz CT molecular complexity index is 1180. The van der Waals surface area contributed by atoms with E-state index in [0.717, 1.165) is 0 Å². The maximum atomic E-state index is 12.9. The number of ether oxygens (including phenoxy) is 3. The molecule has 0 fully saturated rings. The molecule has 0 aliphatic carbocycles. The van der Waals surface area contributed by atoms with Crippen LogP contribution in [-0.2, 0) is 16.6 Å². The van der Waals surface area contributed by atoms with Gasteiger partial charge in [-0.15, -0.1) is 0 Å². The molecular formula is C23H25N3O6. The second kappa shape index (κ2) is 9.86. The zero-order valence-electron chi connectivity index (χ0n) is 18.4. The van der Waals surface area contributed by atoms with E-state index in [0.29, 0.717) is 29.5 Å². The third kappa shape index (κ3) is 4.66.